The minimum Gasteiger partial charge on any atom is -0.265 e. The normalized spacial score (nSPS) is 13.3. The summed E-state index contributed by atoms with van der Waals surface area (Å²) in [5.74, 6) is 0.669. The summed E-state index contributed by atoms with van der Waals surface area (Å²) in [6, 6.07) is 18.5. The first kappa shape index (κ1) is 14.8. The quantitative estimate of drug-likeness (QED) is 0.723. The molecule has 2 heterocycles. The Balaban J connectivity index is 1.71. The number of aryl methyl sites for hydroxylation is 1. The maximum absolute atomic E-state index is 12.2. The third-order valence-electron chi connectivity index (χ3n) is 3.85. The summed E-state index contributed by atoms with van der Waals surface area (Å²) in [4.78, 5) is 12.2. The van der Waals surface area contributed by atoms with Crippen molar-refractivity contribution >= 4 is 17.5 Å². The topological polar surface area (TPSA) is 60.1 Å². The monoisotopic (exact) mass is 334 g/mol. The number of thioether (sulfide) groups is 1. The summed E-state index contributed by atoms with van der Waals surface area (Å²) in [5.41, 5.74) is 4.34. The van der Waals surface area contributed by atoms with Gasteiger partial charge in [0.05, 0.1) is 5.71 Å². The first-order valence-electron chi connectivity index (χ1n) is 7.55. The average molecular weight is 334 g/mol. The number of fused-ring (bicyclic) bond motifs is 1. The van der Waals surface area contributed by atoms with Gasteiger partial charge in [0.1, 0.15) is 5.69 Å². The van der Waals surface area contributed by atoms with Gasteiger partial charge in [-0.3, -0.25) is 4.79 Å². The first-order chi connectivity index (χ1) is 11.7. The Morgan fingerprint density at radius 2 is 1.58 bits per heavy atom. The Hall–Kier alpha value is -2.73. The van der Waals surface area contributed by atoms with Crippen LogP contribution in [-0.4, -0.2) is 26.3 Å². The van der Waals surface area contributed by atoms with Gasteiger partial charge >= 0.3 is 0 Å². The van der Waals surface area contributed by atoms with Gasteiger partial charge in [0.15, 0.2) is 0 Å². The minimum atomic E-state index is -0.217. The number of hydrogen-bond acceptors (Lipinski definition) is 5. The van der Waals surface area contributed by atoms with E-state index >= 15 is 0 Å². The van der Waals surface area contributed by atoms with E-state index in [-0.39, 0.29) is 5.56 Å². The molecule has 4 rings (SSSR count). The SMILES string of the molecule is Cc1nnc2n(c1=O)N=C(c1ccc(-c3ccccc3)cc1)CS2. The van der Waals surface area contributed by atoms with Crippen LogP contribution in [0.5, 0.6) is 0 Å². The maximum atomic E-state index is 12.2. The van der Waals surface area contributed by atoms with Crippen molar-refractivity contribution in [1.29, 1.82) is 0 Å². The molecule has 6 heteroatoms. The Labute approximate surface area is 143 Å². The molecule has 0 radical (unpaired) electrons. The fourth-order valence-corrected chi connectivity index (χ4v) is 3.37. The second kappa shape index (κ2) is 6.05. The third-order valence-corrected chi connectivity index (χ3v) is 4.78. The lowest BCUT2D eigenvalue weighted by atomic mass is 10.0. The molecular weight excluding hydrogens is 320 g/mol. The molecule has 0 saturated heterocycles. The van der Waals surface area contributed by atoms with E-state index in [4.69, 9.17) is 0 Å². The van der Waals surface area contributed by atoms with Gasteiger partial charge in [-0.05, 0) is 23.6 Å². The zero-order valence-electron chi connectivity index (χ0n) is 13.0. The van der Waals surface area contributed by atoms with Gasteiger partial charge in [0, 0.05) is 5.75 Å². The minimum absolute atomic E-state index is 0.217. The van der Waals surface area contributed by atoms with E-state index < -0.39 is 0 Å². The predicted octanol–water partition coefficient (Wildman–Crippen LogP) is 2.97. The number of nitrogens with zero attached hydrogens (tertiary/aromatic N) is 4. The van der Waals surface area contributed by atoms with Gasteiger partial charge in [-0.15, -0.1) is 10.2 Å². The van der Waals surface area contributed by atoms with Crippen molar-refractivity contribution in [2.24, 2.45) is 5.10 Å². The summed E-state index contributed by atoms with van der Waals surface area (Å²) in [5, 5.41) is 12.9. The molecule has 1 aliphatic heterocycles. The van der Waals surface area contributed by atoms with Crippen LogP contribution < -0.4 is 5.56 Å². The second-order valence-electron chi connectivity index (χ2n) is 5.46. The van der Waals surface area contributed by atoms with E-state index in [1.807, 2.05) is 30.3 Å². The van der Waals surface area contributed by atoms with E-state index in [9.17, 15) is 4.79 Å². The Bertz CT molecular complexity index is 978. The molecule has 0 saturated carbocycles. The summed E-state index contributed by atoms with van der Waals surface area (Å²) >= 11 is 1.47. The molecule has 0 bridgehead atoms. The lowest BCUT2D eigenvalue weighted by Crippen LogP contribution is -2.28. The molecule has 0 fully saturated rings. The maximum Gasteiger partial charge on any atom is 0.296 e. The van der Waals surface area contributed by atoms with E-state index in [1.165, 1.54) is 22.0 Å². The number of aromatic nitrogens is 3. The molecule has 1 aliphatic rings. The van der Waals surface area contributed by atoms with E-state index in [1.54, 1.807) is 6.92 Å². The molecule has 0 N–H and O–H groups in total. The molecule has 1 aromatic heterocycles. The van der Waals surface area contributed by atoms with Gasteiger partial charge in [-0.25, -0.2) is 0 Å². The lowest BCUT2D eigenvalue weighted by Gasteiger charge is -2.15. The largest absolute Gasteiger partial charge is 0.296 e. The van der Waals surface area contributed by atoms with Crippen molar-refractivity contribution in [3.8, 4) is 11.1 Å². The molecule has 0 atom stereocenters. The molecule has 2 aromatic carbocycles. The molecule has 0 aliphatic carbocycles. The van der Waals surface area contributed by atoms with Crippen molar-refractivity contribution in [3.05, 3.63) is 76.2 Å². The van der Waals surface area contributed by atoms with Crippen LogP contribution in [0.25, 0.3) is 11.1 Å². The fourth-order valence-electron chi connectivity index (χ4n) is 2.53. The summed E-state index contributed by atoms with van der Waals surface area (Å²) in [6.07, 6.45) is 0. The predicted molar refractivity (Wildman–Crippen MR) is 95.6 cm³/mol. The molecule has 0 spiro atoms. The van der Waals surface area contributed by atoms with Gasteiger partial charge in [0.2, 0.25) is 5.16 Å². The standard InChI is InChI=1S/C18H14N4OS/c1-12-17(23)22-18(20-19-12)24-11-16(21-22)15-9-7-14(8-10-15)13-5-3-2-4-6-13/h2-10H,11H2,1H3. The smallest absolute Gasteiger partial charge is 0.265 e. The number of hydrogen-bond donors (Lipinski definition) is 0. The van der Waals surface area contributed by atoms with Crippen molar-refractivity contribution in [2.45, 2.75) is 12.1 Å². The molecule has 0 unspecified atom stereocenters. The zero-order valence-corrected chi connectivity index (χ0v) is 13.8. The van der Waals surface area contributed by atoms with E-state index in [0.29, 0.717) is 16.6 Å². The summed E-state index contributed by atoms with van der Waals surface area (Å²) < 4.78 is 1.34. The van der Waals surface area contributed by atoms with Crippen LogP contribution in [0.3, 0.4) is 0 Å². The van der Waals surface area contributed by atoms with Gasteiger partial charge in [0.25, 0.3) is 5.56 Å². The Kier molecular flexibility index (Phi) is 3.74. The van der Waals surface area contributed by atoms with Gasteiger partial charge in [-0.1, -0.05) is 66.4 Å². The van der Waals surface area contributed by atoms with Crippen molar-refractivity contribution < 1.29 is 0 Å². The van der Waals surface area contributed by atoms with Crippen LogP contribution in [0.15, 0.2) is 69.6 Å². The van der Waals surface area contributed by atoms with Crippen LogP contribution in [0.1, 0.15) is 11.3 Å². The average Bonchev–Trinajstić information content (AvgIpc) is 2.65. The lowest BCUT2D eigenvalue weighted by molar-refractivity contribution is 0.628. The summed E-state index contributed by atoms with van der Waals surface area (Å²) in [6.45, 7) is 1.64. The third kappa shape index (κ3) is 2.65. The second-order valence-corrected chi connectivity index (χ2v) is 6.41. The number of rotatable bonds is 2. The van der Waals surface area contributed by atoms with Crippen LogP contribution >= 0.6 is 11.8 Å². The highest BCUT2D eigenvalue weighted by Crippen LogP contribution is 2.23. The molecule has 118 valence electrons. The molecule has 5 nitrogen and oxygen atoms in total. The highest BCUT2D eigenvalue weighted by atomic mass is 32.2. The van der Waals surface area contributed by atoms with E-state index in [0.717, 1.165) is 16.8 Å². The van der Waals surface area contributed by atoms with Crippen molar-refractivity contribution in [3.63, 3.8) is 0 Å². The Morgan fingerprint density at radius 1 is 0.917 bits per heavy atom. The highest BCUT2D eigenvalue weighted by Gasteiger charge is 2.18. The van der Waals surface area contributed by atoms with Crippen LogP contribution in [0.4, 0.5) is 0 Å². The van der Waals surface area contributed by atoms with Gasteiger partial charge in [-0.2, -0.15) is 9.78 Å². The van der Waals surface area contributed by atoms with Crippen molar-refractivity contribution in [2.75, 3.05) is 5.75 Å². The van der Waals surface area contributed by atoms with Crippen LogP contribution in [-0.2, 0) is 0 Å². The van der Waals surface area contributed by atoms with Gasteiger partial charge < -0.3 is 0 Å². The van der Waals surface area contributed by atoms with Crippen molar-refractivity contribution in [1.82, 2.24) is 14.9 Å². The zero-order chi connectivity index (χ0) is 16.5. The first-order valence-corrected chi connectivity index (χ1v) is 8.54. The van der Waals surface area contributed by atoms with Crippen LogP contribution in [0, 0.1) is 6.92 Å². The molecule has 0 amide bonds. The molecule has 3 aromatic rings. The highest BCUT2D eigenvalue weighted by molar-refractivity contribution is 7.99. The van der Waals surface area contributed by atoms with E-state index in [2.05, 4.69) is 39.6 Å². The molecular formula is C18H14N4OS. The fraction of sp³-hybridized carbons (Fsp3) is 0.111. The van der Waals surface area contributed by atoms with Crippen LogP contribution in [0.2, 0.25) is 0 Å². The molecule has 24 heavy (non-hydrogen) atoms. The summed E-state index contributed by atoms with van der Waals surface area (Å²) in [7, 11) is 0. The number of benzene rings is 2. The Morgan fingerprint density at radius 3 is 2.33 bits per heavy atom.